The van der Waals surface area contributed by atoms with Gasteiger partial charge in [0.1, 0.15) is 0 Å². The summed E-state index contributed by atoms with van der Waals surface area (Å²) in [4.78, 5) is 0. The number of rotatable bonds is 10. The fraction of sp³-hybridized carbons (Fsp3) is 1.00. The van der Waals surface area contributed by atoms with E-state index in [9.17, 15) is 0 Å². The summed E-state index contributed by atoms with van der Waals surface area (Å²) >= 11 is 5.86. The zero-order chi connectivity index (χ0) is 11.6. The summed E-state index contributed by atoms with van der Waals surface area (Å²) in [5.41, 5.74) is 0. The zero-order valence-corrected chi connectivity index (χ0v) is 11.7. The summed E-state index contributed by atoms with van der Waals surface area (Å²) < 4.78 is 0.956. The molecule has 92 valence electrons. The van der Waals surface area contributed by atoms with Crippen molar-refractivity contribution in [3.05, 3.63) is 0 Å². The van der Waals surface area contributed by atoms with Crippen LogP contribution < -0.4 is 0 Å². The third-order valence-corrected chi connectivity index (χ3v) is 3.59. The van der Waals surface area contributed by atoms with Crippen molar-refractivity contribution in [3.63, 3.8) is 0 Å². The van der Waals surface area contributed by atoms with Crippen LogP contribution in [0, 0.1) is 0 Å². The molecule has 0 unspecified atom stereocenters. The molecule has 0 fully saturated rings. The van der Waals surface area contributed by atoms with Crippen molar-refractivity contribution >= 4 is 11.6 Å². The van der Waals surface area contributed by atoms with Gasteiger partial charge in [-0.05, 0) is 12.8 Å². The Morgan fingerprint density at radius 1 is 0.800 bits per heavy atom. The molecule has 0 rings (SSSR count). The minimum atomic E-state index is 0.733. The quantitative estimate of drug-likeness (QED) is 0.228. The Morgan fingerprint density at radius 2 is 1.27 bits per heavy atom. The first-order chi connectivity index (χ1) is 7.12. The van der Waals surface area contributed by atoms with E-state index in [1.165, 1.54) is 57.9 Å². The van der Waals surface area contributed by atoms with Crippen LogP contribution in [-0.4, -0.2) is 31.1 Å². The Hall–Kier alpha value is 0.250. The van der Waals surface area contributed by atoms with Gasteiger partial charge in [-0.25, -0.2) is 0 Å². The van der Waals surface area contributed by atoms with Gasteiger partial charge < -0.3 is 4.48 Å². The molecule has 0 aliphatic rings. The normalized spacial score (nSPS) is 12.0. The highest BCUT2D eigenvalue weighted by Crippen LogP contribution is 2.10. The molecule has 0 spiro atoms. The average molecular weight is 235 g/mol. The second-order valence-electron chi connectivity index (χ2n) is 5.25. The molecule has 0 aliphatic heterocycles. The number of hydrogen-bond donors (Lipinski definition) is 0. The van der Waals surface area contributed by atoms with E-state index in [0.717, 1.165) is 10.5 Å². The highest BCUT2D eigenvalue weighted by Gasteiger charge is 2.11. The second kappa shape index (κ2) is 9.47. The Bertz CT molecular complexity index is 134. The Kier molecular flexibility index (Phi) is 9.63. The van der Waals surface area contributed by atoms with Gasteiger partial charge in [-0.3, -0.25) is 0 Å². The molecule has 0 bridgehead atoms. The van der Waals surface area contributed by atoms with Crippen molar-refractivity contribution in [1.82, 2.24) is 0 Å². The van der Waals surface area contributed by atoms with Gasteiger partial charge in [0.05, 0.1) is 20.6 Å². The van der Waals surface area contributed by atoms with E-state index in [2.05, 4.69) is 21.0 Å². The molecule has 0 N–H and O–H groups in total. The van der Waals surface area contributed by atoms with E-state index >= 15 is 0 Å². The fourth-order valence-corrected chi connectivity index (χ4v) is 1.85. The lowest BCUT2D eigenvalue weighted by atomic mass is 10.1. The van der Waals surface area contributed by atoms with Crippen molar-refractivity contribution in [2.24, 2.45) is 0 Å². The molecule has 0 atom stereocenters. The SMILES string of the molecule is CCCCCCCCCC[N+](C)(C)CCl. The van der Waals surface area contributed by atoms with Crippen molar-refractivity contribution < 1.29 is 4.48 Å². The number of quaternary nitrogens is 1. The second-order valence-corrected chi connectivity index (χ2v) is 5.49. The number of halogens is 1. The summed E-state index contributed by atoms with van der Waals surface area (Å²) in [6.45, 7) is 3.49. The van der Waals surface area contributed by atoms with E-state index in [-0.39, 0.29) is 0 Å². The Morgan fingerprint density at radius 3 is 1.73 bits per heavy atom. The summed E-state index contributed by atoms with van der Waals surface area (Å²) in [7, 11) is 4.41. The minimum Gasteiger partial charge on any atom is -0.316 e. The predicted octanol–water partition coefficient (Wildman–Crippen LogP) is 4.40. The van der Waals surface area contributed by atoms with Gasteiger partial charge in [0.25, 0.3) is 0 Å². The summed E-state index contributed by atoms with van der Waals surface area (Å²) in [6.07, 6.45) is 11.2. The molecule has 15 heavy (non-hydrogen) atoms. The van der Waals surface area contributed by atoms with Gasteiger partial charge in [0, 0.05) is 0 Å². The van der Waals surface area contributed by atoms with Crippen LogP contribution >= 0.6 is 11.6 Å². The van der Waals surface area contributed by atoms with Crippen molar-refractivity contribution in [2.45, 2.75) is 58.3 Å². The molecule has 0 radical (unpaired) electrons. The molecular weight excluding hydrogens is 206 g/mol. The highest BCUT2D eigenvalue weighted by molar-refractivity contribution is 6.16. The molecule has 0 aliphatic carbocycles. The lowest BCUT2D eigenvalue weighted by molar-refractivity contribution is -0.879. The fourth-order valence-electron chi connectivity index (χ4n) is 1.73. The molecule has 0 saturated heterocycles. The number of alkyl halides is 1. The van der Waals surface area contributed by atoms with E-state index in [1.54, 1.807) is 0 Å². The van der Waals surface area contributed by atoms with Gasteiger partial charge in [-0.1, -0.05) is 57.0 Å². The first kappa shape index (κ1) is 15.2. The molecule has 0 aromatic carbocycles. The Balaban J connectivity index is 3.11. The van der Waals surface area contributed by atoms with Gasteiger partial charge in [0.15, 0.2) is 6.00 Å². The van der Waals surface area contributed by atoms with Crippen LogP contribution in [0.3, 0.4) is 0 Å². The predicted molar refractivity (Wildman–Crippen MR) is 70.3 cm³/mol. The zero-order valence-electron chi connectivity index (χ0n) is 10.9. The summed E-state index contributed by atoms with van der Waals surface area (Å²) in [6, 6.07) is 0.733. The number of hydrogen-bond acceptors (Lipinski definition) is 0. The van der Waals surface area contributed by atoms with E-state index in [4.69, 9.17) is 11.6 Å². The van der Waals surface area contributed by atoms with Crippen LogP contribution in [0.15, 0.2) is 0 Å². The van der Waals surface area contributed by atoms with Crippen LogP contribution in [0.4, 0.5) is 0 Å². The monoisotopic (exact) mass is 234 g/mol. The number of unbranched alkanes of at least 4 members (excludes halogenated alkanes) is 7. The topological polar surface area (TPSA) is 0 Å². The maximum Gasteiger partial charge on any atom is 0.154 e. The molecule has 0 saturated carbocycles. The molecule has 0 aromatic heterocycles. The standard InChI is InChI=1S/C13H29ClN/c1-4-5-6-7-8-9-10-11-12-15(2,3)13-14/h4-13H2,1-3H3/q+1. The van der Waals surface area contributed by atoms with Crippen molar-refractivity contribution in [2.75, 3.05) is 26.6 Å². The third kappa shape index (κ3) is 10.5. The van der Waals surface area contributed by atoms with Crippen molar-refractivity contribution in [3.8, 4) is 0 Å². The van der Waals surface area contributed by atoms with E-state index in [0.29, 0.717) is 0 Å². The van der Waals surface area contributed by atoms with E-state index < -0.39 is 0 Å². The van der Waals surface area contributed by atoms with E-state index in [1.807, 2.05) is 0 Å². The molecule has 0 heterocycles. The first-order valence-electron chi connectivity index (χ1n) is 6.50. The van der Waals surface area contributed by atoms with Crippen LogP contribution in [0.25, 0.3) is 0 Å². The highest BCUT2D eigenvalue weighted by atomic mass is 35.5. The largest absolute Gasteiger partial charge is 0.316 e. The van der Waals surface area contributed by atoms with Crippen LogP contribution in [0.1, 0.15) is 58.3 Å². The smallest absolute Gasteiger partial charge is 0.154 e. The van der Waals surface area contributed by atoms with Crippen molar-refractivity contribution in [1.29, 1.82) is 0 Å². The van der Waals surface area contributed by atoms with Crippen LogP contribution in [0.2, 0.25) is 0 Å². The third-order valence-electron chi connectivity index (χ3n) is 2.94. The molecule has 0 amide bonds. The van der Waals surface area contributed by atoms with Gasteiger partial charge in [-0.2, -0.15) is 0 Å². The molecular formula is C13H29ClN+. The first-order valence-corrected chi connectivity index (χ1v) is 7.04. The molecule has 0 aromatic rings. The lowest BCUT2D eigenvalue weighted by Crippen LogP contribution is -2.38. The van der Waals surface area contributed by atoms with Crippen LogP contribution in [0.5, 0.6) is 0 Å². The van der Waals surface area contributed by atoms with Gasteiger partial charge in [0.2, 0.25) is 0 Å². The lowest BCUT2D eigenvalue weighted by Gasteiger charge is -2.26. The van der Waals surface area contributed by atoms with Crippen LogP contribution in [-0.2, 0) is 0 Å². The Labute approximate surface area is 101 Å². The maximum absolute atomic E-state index is 5.86. The van der Waals surface area contributed by atoms with Gasteiger partial charge >= 0.3 is 0 Å². The van der Waals surface area contributed by atoms with Gasteiger partial charge in [-0.15, -0.1) is 0 Å². The minimum absolute atomic E-state index is 0.733. The molecule has 1 nitrogen and oxygen atoms in total. The summed E-state index contributed by atoms with van der Waals surface area (Å²) in [5, 5.41) is 0. The summed E-state index contributed by atoms with van der Waals surface area (Å²) in [5.74, 6) is 0. The maximum atomic E-state index is 5.86. The number of nitrogens with zero attached hydrogens (tertiary/aromatic N) is 1. The average Bonchev–Trinajstić information content (AvgIpc) is 2.22. The molecule has 2 heteroatoms.